The number of nitrogens with zero attached hydrogens (tertiary/aromatic N) is 4. The van der Waals surface area contributed by atoms with Gasteiger partial charge in [-0.05, 0) is 24.6 Å². The Kier molecular flexibility index (Phi) is 6.63. The highest BCUT2D eigenvalue weighted by molar-refractivity contribution is 5.79. The van der Waals surface area contributed by atoms with Crippen LogP contribution in [0.5, 0.6) is 11.5 Å². The summed E-state index contributed by atoms with van der Waals surface area (Å²) >= 11 is 0. The first-order chi connectivity index (χ1) is 14.7. The van der Waals surface area contributed by atoms with Crippen LogP contribution < -0.4 is 14.8 Å². The third-order valence-electron chi connectivity index (χ3n) is 4.95. The third-order valence-corrected chi connectivity index (χ3v) is 4.95. The first-order valence-corrected chi connectivity index (χ1v) is 9.80. The molecule has 2 aromatic rings. The van der Waals surface area contributed by atoms with Crippen LogP contribution in [0.15, 0.2) is 35.6 Å². The number of hydrogen-bond donors (Lipinski definition) is 2. The number of fused-ring (bicyclic) bond motifs is 1. The smallest absolute Gasteiger partial charge is 0.424 e. The van der Waals surface area contributed by atoms with E-state index in [1.807, 2.05) is 25.1 Å². The SMILES string of the molecule is CCNC(=NCCC(O)(c1nccn1C)C(F)(F)F)N(C)Cc1ccc2c(c1)OCO2. The molecule has 1 aliphatic rings. The van der Waals surface area contributed by atoms with Gasteiger partial charge in [-0.25, -0.2) is 4.98 Å². The molecule has 0 fully saturated rings. The van der Waals surface area contributed by atoms with Crippen molar-refractivity contribution >= 4 is 5.96 Å². The Balaban J connectivity index is 1.73. The van der Waals surface area contributed by atoms with Crippen molar-refractivity contribution in [1.29, 1.82) is 0 Å². The fourth-order valence-corrected chi connectivity index (χ4v) is 3.33. The van der Waals surface area contributed by atoms with Crippen molar-refractivity contribution in [3.05, 3.63) is 42.0 Å². The highest BCUT2D eigenvalue weighted by Crippen LogP contribution is 2.40. The van der Waals surface area contributed by atoms with Crippen LogP contribution in [0, 0.1) is 0 Å². The lowest BCUT2D eigenvalue weighted by molar-refractivity contribution is -0.272. The summed E-state index contributed by atoms with van der Waals surface area (Å²) in [4.78, 5) is 9.79. The highest BCUT2D eigenvalue weighted by Gasteiger charge is 2.57. The molecule has 11 heteroatoms. The van der Waals surface area contributed by atoms with Crippen LogP contribution in [0.3, 0.4) is 0 Å². The summed E-state index contributed by atoms with van der Waals surface area (Å²) < 4.78 is 52.9. The van der Waals surface area contributed by atoms with Crippen molar-refractivity contribution in [2.24, 2.45) is 12.0 Å². The molecule has 8 nitrogen and oxygen atoms in total. The van der Waals surface area contributed by atoms with Gasteiger partial charge in [0.15, 0.2) is 17.5 Å². The van der Waals surface area contributed by atoms with E-state index in [-0.39, 0.29) is 13.3 Å². The minimum absolute atomic E-state index is 0.177. The van der Waals surface area contributed by atoms with Crippen molar-refractivity contribution in [1.82, 2.24) is 19.8 Å². The van der Waals surface area contributed by atoms with Gasteiger partial charge in [-0.3, -0.25) is 4.99 Å². The maximum Gasteiger partial charge on any atom is 0.424 e. The summed E-state index contributed by atoms with van der Waals surface area (Å²) in [5.74, 6) is 1.28. The zero-order valence-corrected chi connectivity index (χ0v) is 17.6. The summed E-state index contributed by atoms with van der Waals surface area (Å²) in [5, 5.41) is 13.5. The molecule has 1 aliphatic heterocycles. The van der Waals surface area contributed by atoms with Crippen LogP contribution in [0.25, 0.3) is 0 Å². The second kappa shape index (κ2) is 9.04. The van der Waals surface area contributed by atoms with Crippen LogP contribution in [0.2, 0.25) is 0 Å². The van der Waals surface area contributed by atoms with E-state index in [9.17, 15) is 18.3 Å². The maximum absolute atomic E-state index is 13.7. The number of alkyl halides is 3. The average Bonchev–Trinajstić information content (AvgIpc) is 3.34. The summed E-state index contributed by atoms with van der Waals surface area (Å²) in [5.41, 5.74) is -2.17. The molecular weight excluding hydrogens is 415 g/mol. The highest BCUT2D eigenvalue weighted by atomic mass is 19.4. The Bertz CT molecular complexity index is 931. The van der Waals surface area contributed by atoms with Gasteiger partial charge in [0.25, 0.3) is 0 Å². The maximum atomic E-state index is 13.7. The van der Waals surface area contributed by atoms with E-state index >= 15 is 0 Å². The lowest BCUT2D eigenvalue weighted by Crippen LogP contribution is -2.45. The fourth-order valence-electron chi connectivity index (χ4n) is 3.33. The van der Waals surface area contributed by atoms with Gasteiger partial charge in [0.05, 0.1) is 0 Å². The number of aromatic nitrogens is 2. The molecule has 31 heavy (non-hydrogen) atoms. The molecule has 0 saturated carbocycles. The van der Waals surface area contributed by atoms with Gasteiger partial charge in [-0.15, -0.1) is 0 Å². The lowest BCUT2D eigenvalue weighted by atomic mass is 9.98. The van der Waals surface area contributed by atoms with Gasteiger partial charge in [0.2, 0.25) is 12.4 Å². The van der Waals surface area contributed by atoms with E-state index in [0.717, 1.165) is 10.1 Å². The van der Waals surface area contributed by atoms with Gasteiger partial charge >= 0.3 is 6.18 Å². The molecule has 1 aromatic carbocycles. The normalized spacial score (nSPS) is 15.6. The van der Waals surface area contributed by atoms with Gasteiger partial charge < -0.3 is 29.4 Å². The number of imidazole rings is 1. The molecule has 2 heterocycles. The molecule has 1 aromatic heterocycles. The zero-order chi connectivity index (χ0) is 22.6. The third kappa shape index (κ3) is 4.87. The summed E-state index contributed by atoms with van der Waals surface area (Å²) in [6.07, 6.45) is -2.97. The van der Waals surface area contributed by atoms with E-state index in [0.29, 0.717) is 30.5 Å². The first kappa shape index (κ1) is 22.7. The summed E-state index contributed by atoms with van der Waals surface area (Å²) in [7, 11) is 3.19. The number of aliphatic imine (C=N–C) groups is 1. The Morgan fingerprint density at radius 3 is 2.71 bits per heavy atom. The Hall–Kier alpha value is -2.95. The van der Waals surface area contributed by atoms with E-state index in [1.165, 1.54) is 19.4 Å². The Morgan fingerprint density at radius 1 is 1.32 bits per heavy atom. The number of benzene rings is 1. The van der Waals surface area contributed by atoms with Crippen molar-refractivity contribution in [2.75, 3.05) is 26.9 Å². The van der Waals surface area contributed by atoms with Crippen LogP contribution >= 0.6 is 0 Å². The van der Waals surface area contributed by atoms with Gasteiger partial charge in [0.1, 0.15) is 5.82 Å². The molecule has 0 saturated heterocycles. The van der Waals surface area contributed by atoms with Crippen LogP contribution in [0.4, 0.5) is 13.2 Å². The molecule has 0 radical (unpaired) electrons. The number of aryl methyl sites for hydroxylation is 1. The second-order valence-electron chi connectivity index (χ2n) is 7.25. The Labute approximate surface area is 178 Å². The number of aliphatic hydroxyl groups is 1. The molecule has 0 aliphatic carbocycles. The molecule has 3 rings (SSSR count). The lowest BCUT2D eigenvalue weighted by Gasteiger charge is -2.29. The number of rotatable bonds is 7. The van der Waals surface area contributed by atoms with Crippen molar-refractivity contribution in [2.45, 2.75) is 31.7 Å². The predicted octanol–water partition coefficient (Wildman–Crippen LogP) is 2.39. The largest absolute Gasteiger partial charge is 0.454 e. The van der Waals surface area contributed by atoms with E-state index < -0.39 is 24.0 Å². The minimum Gasteiger partial charge on any atom is -0.454 e. The van der Waals surface area contributed by atoms with Crippen LogP contribution in [-0.2, 0) is 19.2 Å². The number of guanidine groups is 1. The molecule has 1 unspecified atom stereocenters. The van der Waals surface area contributed by atoms with Crippen molar-refractivity contribution in [3.63, 3.8) is 0 Å². The number of halogens is 3. The molecule has 2 N–H and O–H groups in total. The molecular formula is C20H26F3N5O3. The van der Waals surface area contributed by atoms with E-state index in [1.54, 1.807) is 11.9 Å². The molecule has 1 atom stereocenters. The predicted molar refractivity (Wildman–Crippen MR) is 108 cm³/mol. The fraction of sp³-hybridized carbons (Fsp3) is 0.500. The molecule has 0 spiro atoms. The van der Waals surface area contributed by atoms with Crippen LogP contribution in [-0.4, -0.2) is 58.6 Å². The molecule has 0 amide bonds. The minimum atomic E-state index is -4.89. The van der Waals surface area contributed by atoms with Gasteiger partial charge in [-0.2, -0.15) is 13.2 Å². The number of nitrogens with one attached hydrogen (secondary N) is 1. The quantitative estimate of drug-likeness (QED) is 0.507. The Morgan fingerprint density at radius 2 is 2.06 bits per heavy atom. The number of ether oxygens (including phenoxy) is 2. The van der Waals surface area contributed by atoms with Crippen molar-refractivity contribution < 1.29 is 27.8 Å². The average molecular weight is 441 g/mol. The monoisotopic (exact) mass is 441 g/mol. The van der Waals surface area contributed by atoms with Crippen molar-refractivity contribution in [3.8, 4) is 11.5 Å². The standard InChI is InChI=1S/C20H26F3N5O3/c1-4-24-18(28(3)12-14-5-6-15-16(11-14)31-13-30-15)26-8-7-19(29,20(21,22)23)17-25-9-10-27(17)2/h5-6,9-11,29H,4,7-8,12-13H2,1-3H3,(H,24,26). The molecule has 0 bridgehead atoms. The zero-order valence-electron chi connectivity index (χ0n) is 17.6. The topological polar surface area (TPSA) is 84.1 Å². The summed E-state index contributed by atoms with van der Waals surface area (Å²) in [6, 6.07) is 5.55. The van der Waals surface area contributed by atoms with Gasteiger partial charge in [0, 0.05) is 52.5 Å². The van der Waals surface area contributed by atoms with Gasteiger partial charge in [-0.1, -0.05) is 6.07 Å². The summed E-state index contributed by atoms with van der Waals surface area (Å²) in [6.45, 7) is 2.77. The second-order valence-corrected chi connectivity index (χ2v) is 7.25. The number of hydrogen-bond acceptors (Lipinski definition) is 5. The molecule has 170 valence electrons. The van der Waals surface area contributed by atoms with Crippen LogP contribution in [0.1, 0.15) is 24.7 Å². The van der Waals surface area contributed by atoms with E-state index in [2.05, 4.69) is 15.3 Å². The first-order valence-electron chi connectivity index (χ1n) is 9.80. The van der Waals surface area contributed by atoms with E-state index in [4.69, 9.17) is 9.47 Å².